The van der Waals surface area contributed by atoms with Crippen molar-refractivity contribution in [2.24, 2.45) is 0 Å². The number of nitrogens with zero attached hydrogens (tertiary/aromatic N) is 4. The second kappa shape index (κ2) is 11.0. The predicted molar refractivity (Wildman–Crippen MR) is 116 cm³/mol. The molecule has 1 saturated heterocycles. The van der Waals surface area contributed by atoms with Crippen LogP contribution in [-0.4, -0.2) is 65.8 Å². The predicted octanol–water partition coefficient (Wildman–Crippen LogP) is 2.35. The van der Waals surface area contributed by atoms with Crippen LogP contribution in [-0.2, 0) is 10.5 Å². The van der Waals surface area contributed by atoms with Gasteiger partial charge in [-0.3, -0.25) is 9.69 Å². The minimum absolute atomic E-state index is 0.128. The molecule has 2 aromatic rings. The van der Waals surface area contributed by atoms with Gasteiger partial charge in [0.25, 0.3) is 0 Å². The molecule has 28 heavy (non-hydrogen) atoms. The van der Waals surface area contributed by atoms with E-state index in [9.17, 15) is 4.79 Å². The molecule has 0 atom stereocenters. The summed E-state index contributed by atoms with van der Waals surface area (Å²) < 4.78 is 0. The maximum atomic E-state index is 12.0. The van der Waals surface area contributed by atoms with E-state index in [1.807, 2.05) is 6.07 Å². The SMILES string of the molecule is Cc1ccc(CSCC(=O)NCCCN2CCN(c3ncccn3)CC2)cc1. The molecule has 0 bridgehead atoms. The van der Waals surface area contributed by atoms with Gasteiger partial charge >= 0.3 is 0 Å². The Hall–Kier alpha value is -2.12. The van der Waals surface area contributed by atoms with Crippen molar-refractivity contribution >= 4 is 23.6 Å². The molecule has 1 aliphatic rings. The van der Waals surface area contributed by atoms with Gasteiger partial charge in [0.15, 0.2) is 0 Å². The van der Waals surface area contributed by atoms with Gasteiger partial charge in [-0.15, -0.1) is 11.8 Å². The molecule has 1 fully saturated rings. The van der Waals surface area contributed by atoms with E-state index < -0.39 is 0 Å². The minimum atomic E-state index is 0.128. The fourth-order valence-corrected chi connectivity index (χ4v) is 3.97. The molecule has 150 valence electrons. The van der Waals surface area contributed by atoms with Crippen LogP contribution in [0.3, 0.4) is 0 Å². The van der Waals surface area contributed by atoms with Gasteiger partial charge in [0, 0.05) is 50.9 Å². The normalized spacial score (nSPS) is 14.8. The Kier molecular flexibility index (Phi) is 8.11. The van der Waals surface area contributed by atoms with Gasteiger partial charge in [-0.25, -0.2) is 9.97 Å². The van der Waals surface area contributed by atoms with Crippen molar-refractivity contribution in [3.63, 3.8) is 0 Å². The first kappa shape index (κ1) is 20.6. The fourth-order valence-electron chi connectivity index (χ4n) is 3.15. The van der Waals surface area contributed by atoms with Crippen molar-refractivity contribution in [2.75, 3.05) is 49.9 Å². The lowest BCUT2D eigenvalue weighted by Crippen LogP contribution is -2.47. The summed E-state index contributed by atoms with van der Waals surface area (Å²) in [5.41, 5.74) is 2.53. The van der Waals surface area contributed by atoms with E-state index in [-0.39, 0.29) is 5.91 Å². The molecule has 0 saturated carbocycles. The number of aromatic nitrogens is 2. The molecule has 1 aliphatic heterocycles. The molecular weight excluding hydrogens is 370 g/mol. The number of hydrogen-bond donors (Lipinski definition) is 1. The van der Waals surface area contributed by atoms with Crippen LogP contribution in [0, 0.1) is 6.92 Å². The number of anilines is 1. The van der Waals surface area contributed by atoms with Crippen LogP contribution in [0.15, 0.2) is 42.7 Å². The summed E-state index contributed by atoms with van der Waals surface area (Å²) in [5.74, 6) is 2.34. The third kappa shape index (κ3) is 6.80. The van der Waals surface area contributed by atoms with Gasteiger partial charge in [-0.2, -0.15) is 0 Å². The van der Waals surface area contributed by atoms with Gasteiger partial charge in [-0.05, 0) is 31.5 Å². The van der Waals surface area contributed by atoms with Crippen molar-refractivity contribution < 1.29 is 4.79 Å². The first-order chi connectivity index (χ1) is 13.7. The maximum absolute atomic E-state index is 12.0. The highest BCUT2D eigenvalue weighted by atomic mass is 32.2. The molecule has 7 heteroatoms. The smallest absolute Gasteiger partial charge is 0.230 e. The third-order valence-electron chi connectivity index (χ3n) is 4.80. The van der Waals surface area contributed by atoms with Crippen LogP contribution in [0.5, 0.6) is 0 Å². The van der Waals surface area contributed by atoms with Crippen LogP contribution in [0.2, 0.25) is 0 Å². The molecular formula is C21H29N5OS. The molecule has 6 nitrogen and oxygen atoms in total. The summed E-state index contributed by atoms with van der Waals surface area (Å²) in [5, 5.41) is 3.04. The molecule has 1 N–H and O–H groups in total. The standard InChI is InChI=1S/C21H29N5OS/c1-18-4-6-19(7-5-18)16-28-17-20(27)22-10-3-11-25-12-14-26(15-13-25)21-23-8-2-9-24-21/h2,4-9H,3,10-17H2,1H3,(H,22,27). The Bertz CT molecular complexity index is 717. The van der Waals surface area contributed by atoms with Gasteiger partial charge in [0.05, 0.1) is 5.75 Å². The topological polar surface area (TPSA) is 61.4 Å². The number of carbonyl (C=O) groups excluding carboxylic acids is 1. The second-order valence-corrected chi connectivity index (χ2v) is 8.04. The molecule has 0 aliphatic carbocycles. The lowest BCUT2D eigenvalue weighted by atomic mass is 10.2. The zero-order valence-corrected chi connectivity index (χ0v) is 17.3. The number of hydrogen-bond acceptors (Lipinski definition) is 6. The number of thioether (sulfide) groups is 1. The van der Waals surface area contributed by atoms with Gasteiger partial charge in [0.2, 0.25) is 11.9 Å². The second-order valence-electron chi connectivity index (χ2n) is 7.06. The van der Waals surface area contributed by atoms with Gasteiger partial charge < -0.3 is 10.2 Å². The number of amides is 1. The number of aryl methyl sites for hydroxylation is 1. The summed E-state index contributed by atoms with van der Waals surface area (Å²) >= 11 is 1.66. The minimum Gasteiger partial charge on any atom is -0.355 e. The summed E-state index contributed by atoms with van der Waals surface area (Å²) in [7, 11) is 0. The van der Waals surface area contributed by atoms with Crippen molar-refractivity contribution in [1.29, 1.82) is 0 Å². The number of piperazine rings is 1. The fraction of sp³-hybridized carbons (Fsp3) is 0.476. The number of carbonyl (C=O) groups is 1. The van der Waals surface area contributed by atoms with Crippen LogP contribution < -0.4 is 10.2 Å². The average molecular weight is 400 g/mol. The molecule has 1 aromatic carbocycles. The highest BCUT2D eigenvalue weighted by Gasteiger charge is 2.18. The number of rotatable bonds is 9. The van der Waals surface area contributed by atoms with E-state index in [1.165, 1.54) is 11.1 Å². The molecule has 0 radical (unpaired) electrons. The van der Waals surface area contributed by atoms with Crippen LogP contribution in [0.4, 0.5) is 5.95 Å². The monoisotopic (exact) mass is 399 g/mol. The molecule has 0 spiro atoms. The first-order valence-corrected chi connectivity index (χ1v) is 11.0. The summed E-state index contributed by atoms with van der Waals surface area (Å²) in [6.45, 7) is 7.77. The van der Waals surface area contributed by atoms with E-state index in [0.29, 0.717) is 5.75 Å². The Labute approximate surface area is 171 Å². The lowest BCUT2D eigenvalue weighted by molar-refractivity contribution is -0.118. The zero-order chi connectivity index (χ0) is 19.6. The molecule has 3 rings (SSSR count). The Morgan fingerprint density at radius 3 is 2.54 bits per heavy atom. The first-order valence-electron chi connectivity index (χ1n) is 9.85. The quantitative estimate of drug-likeness (QED) is 0.653. The van der Waals surface area contributed by atoms with Crippen LogP contribution >= 0.6 is 11.8 Å². The van der Waals surface area contributed by atoms with E-state index in [4.69, 9.17) is 0 Å². The van der Waals surface area contributed by atoms with Crippen molar-refractivity contribution in [3.8, 4) is 0 Å². The van der Waals surface area contributed by atoms with E-state index in [0.717, 1.165) is 57.4 Å². The molecule has 0 unspecified atom stereocenters. The van der Waals surface area contributed by atoms with E-state index >= 15 is 0 Å². The summed E-state index contributed by atoms with van der Waals surface area (Å²) in [6.07, 6.45) is 4.56. The van der Waals surface area contributed by atoms with Crippen molar-refractivity contribution in [3.05, 3.63) is 53.9 Å². The highest BCUT2D eigenvalue weighted by Crippen LogP contribution is 2.13. The van der Waals surface area contributed by atoms with E-state index in [2.05, 4.69) is 56.3 Å². The van der Waals surface area contributed by atoms with Gasteiger partial charge in [0.1, 0.15) is 0 Å². The Morgan fingerprint density at radius 2 is 1.82 bits per heavy atom. The van der Waals surface area contributed by atoms with Crippen molar-refractivity contribution in [1.82, 2.24) is 20.2 Å². The Morgan fingerprint density at radius 1 is 1.11 bits per heavy atom. The number of nitrogens with one attached hydrogen (secondary N) is 1. The summed E-state index contributed by atoms with van der Waals surface area (Å²) in [4.78, 5) is 25.3. The number of benzene rings is 1. The largest absolute Gasteiger partial charge is 0.355 e. The third-order valence-corrected chi connectivity index (χ3v) is 5.81. The molecule has 2 heterocycles. The molecule has 1 aromatic heterocycles. The van der Waals surface area contributed by atoms with Gasteiger partial charge in [-0.1, -0.05) is 29.8 Å². The van der Waals surface area contributed by atoms with Crippen LogP contribution in [0.25, 0.3) is 0 Å². The Balaban J connectivity index is 1.23. The van der Waals surface area contributed by atoms with Crippen molar-refractivity contribution in [2.45, 2.75) is 19.1 Å². The van der Waals surface area contributed by atoms with E-state index in [1.54, 1.807) is 24.2 Å². The highest BCUT2D eigenvalue weighted by molar-refractivity contribution is 7.99. The molecule has 1 amide bonds. The maximum Gasteiger partial charge on any atom is 0.230 e. The zero-order valence-electron chi connectivity index (χ0n) is 16.5. The summed E-state index contributed by atoms with van der Waals surface area (Å²) in [6, 6.07) is 10.3. The van der Waals surface area contributed by atoms with Crippen LogP contribution in [0.1, 0.15) is 17.5 Å². The lowest BCUT2D eigenvalue weighted by Gasteiger charge is -2.34. The average Bonchev–Trinajstić information content (AvgIpc) is 2.74.